The lowest BCUT2D eigenvalue weighted by atomic mass is 10.3. The van der Waals surface area contributed by atoms with E-state index in [4.69, 9.17) is 0 Å². The molecule has 4 heteroatoms. The lowest BCUT2D eigenvalue weighted by Gasteiger charge is -1.81. The van der Waals surface area contributed by atoms with Gasteiger partial charge in [-0.05, 0) is 12.1 Å². The molecule has 0 aliphatic heterocycles. The molecular weight excluding hydrogens is 183 g/mol. The first kappa shape index (κ1) is 10.3. The van der Waals surface area contributed by atoms with Crippen LogP contribution in [-0.2, 0) is 0 Å². The van der Waals surface area contributed by atoms with Crippen molar-refractivity contribution in [3.05, 3.63) is 30.6 Å². The normalized spacial score (nSPS) is 8.36. The van der Waals surface area contributed by atoms with Crippen molar-refractivity contribution in [3.63, 3.8) is 0 Å². The molecule has 1 aromatic heterocycles. The van der Waals surface area contributed by atoms with E-state index in [9.17, 15) is 0 Å². The molecular formula is C7H8Cl2N2. The highest BCUT2D eigenvalue weighted by atomic mass is 35.5. The third-order valence-electron chi connectivity index (χ3n) is 1.33. The van der Waals surface area contributed by atoms with Crippen LogP contribution in [0.5, 0.6) is 0 Å². The summed E-state index contributed by atoms with van der Waals surface area (Å²) in [7, 11) is 0. The van der Waals surface area contributed by atoms with E-state index in [1.54, 1.807) is 6.33 Å². The molecule has 0 saturated heterocycles. The van der Waals surface area contributed by atoms with Gasteiger partial charge in [0.25, 0.3) is 0 Å². The second kappa shape index (κ2) is 4.21. The van der Waals surface area contributed by atoms with Crippen LogP contribution in [0.3, 0.4) is 0 Å². The Kier molecular flexibility index (Phi) is 3.93. The van der Waals surface area contributed by atoms with Crippen LogP contribution in [0.15, 0.2) is 30.6 Å². The van der Waals surface area contributed by atoms with Gasteiger partial charge in [-0.15, -0.1) is 12.4 Å². The maximum absolute atomic E-state index is 4.06. The second-order valence-electron chi connectivity index (χ2n) is 1.92. The summed E-state index contributed by atoms with van der Waals surface area (Å²) in [6, 6.07) is 7.94. The van der Waals surface area contributed by atoms with Crippen LogP contribution in [0.2, 0.25) is 0 Å². The van der Waals surface area contributed by atoms with Crippen LogP contribution in [-0.4, -0.2) is 9.97 Å². The SMILES string of the molecule is Cl.[Cl-].[H+].c1ccc2[nH]cnc2c1. The van der Waals surface area contributed by atoms with E-state index in [1.165, 1.54) is 0 Å². The zero-order chi connectivity index (χ0) is 6.10. The van der Waals surface area contributed by atoms with Crippen molar-refractivity contribution in [2.24, 2.45) is 0 Å². The maximum Gasteiger partial charge on any atom is 1.00 e. The number of H-pyrrole nitrogens is 1. The summed E-state index contributed by atoms with van der Waals surface area (Å²) in [5, 5.41) is 0. The number of benzene rings is 1. The number of hydrogen-bond donors (Lipinski definition) is 1. The Morgan fingerprint density at radius 3 is 2.73 bits per heavy atom. The van der Waals surface area contributed by atoms with Crippen LogP contribution < -0.4 is 12.4 Å². The molecule has 0 atom stereocenters. The van der Waals surface area contributed by atoms with E-state index in [0.717, 1.165) is 11.0 Å². The van der Waals surface area contributed by atoms with Gasteiger partial charge in [-0.25, -0.2) is 4.98 Å². The Morgan fingerprint density at radius 2 is 2.00 bits per heavy atom. The van der Waals surface area contributed by atoms with E-state index < -0.39 is 0 Å². The summed E-state index contributed by atoms with van der Waals surface area (Å²) in [5.41, 5.74) is 2.12. The smallest absolute Gasteiger partial charge is 1.00 e. The summed E-state index contributed by atoms with van der Waals surface area (Å²) >= 11 is 0. The summed E-state index contributed by atoms with van der Waals surface area (Å²) in [6.07, 6.45) is 1.70. The number of imidazole rings is 1. The molecule has 11 heavy (non-hydrogen) atoms. The molecule has 0 aliphatic carbocycles. The van der Waals surface area contributed by atoms with E-state index in [-0.39, 0.29) is 26.2 Å². The van der Waals surface area contributed by atoms with Gasteiger partial charge >= 0.3 is 1.43 Å². The number of halogens is 2. The van der Waals surface area contributed by atoms with Gasteiger partial charge in [0.05, 0.1) is 17.4 Å². The molecule has 1 aromatic carbocycles. The molecule has 1 N–H and O–H groups in total. The number of para-hydroxylation sites is 2. The summed E-state index contributed by atoms with van der Waals surface area (Å²) in [6.45, 7) is 0. The van der Waals surface area contributed by atoms with Crippen LogP contribution >= 0.6 is 12.4 Å². The van der Waals surface area contributed by atoms with E-state index in [0.29, 0.717) is 0 Å². The molecule has 2 aromatic rings. The average Bonchev–Trinajstić information content (AvgIpc) is 2.33. The number of aromatic nitrogens is 2. The lowest BCUT2D eigenvalue weighted by Crippen LogP contribution is -3.00. The number of fused-ring (bicyclic) bond motifs is 1. The van der Waals surface area contributed by atoms with Gasteiger partial charge < -0.3 is 17.4 Å². The first-order chi connectivity index (χ1) is 4.47. The van der Waals surface area contributed by atoms with Crippen molar-refractivity contribution in [2.45, 2.75) is 0 Å². The van der Waals surface area contributed by atoms with Gasteiger partial charge in [-0.1, -0.05) is 12.1 Å². The summed E-state index contributed by atoms with van der Waals surface area (Å²) in [4.78, 5) is 7.07. The third-order valence-corrected chi connectivity index (χ3v) is 1.33. The van der Waals surface area contributed by atoms with Gasteiger partial charge in [-0.3, -0.25) is 0 Å². The Balaban J connectivity index is 0. The topological polar surface area (TPSA) is 28.7 Å². The van der Waals surface area contributed by atoms with Crippen molar-refractivity contribution in [3.8, 4) is 0 Å². The Hall–Kier alpha value is -0.730. The summed E-state index contributed by atoms with van der Waals surface area (Å²) < 4.78 is 0. The van der Waals surface area contributed by atoms with Crippen molar-refractivity contribution in [1.29, 1.82) is 0 Å². The lowest BCUT2D eigenvalue weighted by molar-refractivity contribution is -0.00000207. The second-order valence-corrected chi connectivity index (χ2v) is 1.92. The van der Waals surface area contributed by atoms with Gasteiger partial charge in [0.2, 0.25) is 0 Å². The highest BCUT2D eigenvalue weighted by molar-refractivity contribution is 5.85. The fourth-order valence-corrected chi connectivity index (χ4v) is 0.880. The van der Waals surface area contributed by atoms with Crippen LogP contribution in [0.25, 0.3) is 11.0 Å². The zero-order valence-electron chi connectivity index (χ0n) is 6.62. The van der Waals surface area contributed by atoms with Crippen LogP contribution in [0.4, 0.5) is 0 Å². The van der Waals surface area contributed by atoms with Gasteiger partial charge in [0, 0.05) is 0 Å². The maximum atomic E-state index is 4.06. The molecule has 2 nitrogen and oxygen atoms in total. The molecule has 0 spiro atoms. The average molecular weight is 191 g/mol. The molecule has 0 saturated carbocycles. The Labute approximate surface area is 78.3 Å². The van der Waals surface area contributed by atoms with Gasteiger partial charge in [0.15, 0.2) is 0 Å². The molecule has 1 heterocycles. The van der Waals surface area contributed by atoms with E-state index in [2.05, 4.69) is 9.97 Å². The van der Waals surface area contributed by atoms with Crippen LogP contribution in [0.1, 0.15) is 1.43 Å². The van der Waals surface area contributed by atoms with E-state index in [1.807, 2.05) is 24.3 Å². The standard InChI is InChI=1S/C7H6N2.2ClH/c1-2-4-7-6(3-1)8-5-9-7;;/h1-5H,(H,8,9);2*1H. The quantitative estimate of drug-likeness (QED) is 0.574. The van der Waals surface area contributed by atoms with E-state index >= 15 is 0 Å². The number of aromatic amines is 1. The van der Waals surface area contributed by atoms with Crippen molar-refractivity contribution < 1.29 is 13.8 Å². The molecule has 0 unspecified atom stereocenters. The number of rotatable bonds is 0. The minimum absolute atomic E-state index is 0. The molecule has 0 fully saturated rings. The van der Waals surface area contributed by atoms with Gasteiger partial charge in [-0.2, -0.15) is 0 Å². The van der Waals surface area contributed by atoms with Gasteiger partial charge in [0.1, 0.15) is 0 Å². The number of nitrogens with one attached hydrogen (secondary N) is 1. The number of nitrogens with zero attached hydrogens (tertiary/aromatic N) is 1. The van der Waals surface area contributed by atoms with Crippen molar-refractivity contribution in [2.75, 3.05) is 0 Å². The minimum Gasteiger partial charge on any atom is -1.00 e. The molecule has 0 aliphatic rings. The fourth-order valence-electron chi connectivity index (χ4n) is 0.880. The monoisotopic (exact) mass is 190 g/mol. The zero-order valence-corrected chi connectivity index (χ0v) is 7.19. The predicted molar refractivity (Wildman–Crippen MR) is 44.5 cm³/mol. The highest BCUT2D eigenvalue weighted by Gasteiger charge is 1.88. The minimum atomic E-state index is 0. The van der Waals surface area contributed by atoms with Crippen molar-refractivity contribution in [1.82, 2.24) is 9.97 Å². The molecule has 60 valence electrons. The first-order valence-electron chi connectivity index (χ1n) is 2.85. The first-order valence-corrected chi connectivity index (χ1v) is 2.85. The summed E-state index contributed by atoms with van der Waals surface area (Å²) in [5.74, 6) is 0. The molecule has 2 rings (SSSR count). The largest absolute Gasteiger partial charge is 1.00 e. The Morgan fingerprint density at radius 1 is 1.27 bits per heavy atom. The third kappa shape index (κ3) is 1.85. The van der Waals surface area contributed by atoms with Crippen LogP contribution in [0, 0.1) is 0 Å². The highest BCUT2D eigenvalue weighted by Crippen LogP contribution is 2.05. The predicted octanol–water partition coefficient (Wildman–Crippen LogP) is -0.899. The van der Waals surface area contributed by atoms with Crippen molar-refractivity contribution >= 4 is 23.4 Å². The molecule has 0 bridgehead atoms. The fraction of sp³-hybridized carbons (Fsp3) is 0. The Bertz CT molecular complexity index is 293. The molecule has 0 amide bonds. The number of hydrogen-bond acceptors (Lipinski definition) is 1. The molecule has 0 radical (unpaired) electrons.